The SMILES string of the molecule is Cc1nc(NCC2(N(C)C)CCCC2)sc1C(=O)O. The Morgan fingerprint density at radius 1 is 1.47 bits per heavy atom. The lowest BCUT2D eigenvalue weighted by Gasteiger charge is -2.36. The highest BCUT2D eigenvalue weighted by molar-refractivity contribution is 7.17. The van der Waals surface area contributed by atoms with Crippen LogP contribution in [0.4, 0.5) is 5.13 Å². The number of nitrogens with zero attached hydrogens (tertiary/aromatic N) is 2. The molecule has 1 fully saturated rings. The summed E-state index contributed by atoms with van der Waals surface area (Å²) in [5.74, 6) is -0.897. The van der Waals surface area contributed by atoms with Crippen LogP contribution in [-0.2, 0) is 0 Å². The highest BCUT2D eigenvalue weighted by atomic mass is 32.1. The summed E-state index contributed by atoms with van der Waals surface area (Å²) in [4.78, 5) is 17.9. The first kappa shape index (κ1) is 14.3. The van der Waals surface area contributed by atoms with Crippen molar-refractivity contribution in [1.82, 2.24) is 9.88 Å². The van der Waals surface area contributed by atoms with Gasteiger partial charge in [0.2, 0.25) is 0 Å². The Labute approximate surface area is 117 Å². The zero-order valence-electron chi connectivity index (χ0n) is 11.7. The van der Waals surface area contributed by atoms with Crippen LogP contribution in [0.2, 0.25) is 0 Å². The molecular formula is C13H21N3O2S. The number of carbonyl (C=O) groups is 1. The number of carboxylic acids is 1. The topological polar surface area (TPSA) is 65.5 Å². The van der Waals surface area contributed by atoms with E-state index >= 15 is 0 Å². The molecule has 1 aromatic rings. The van der Waals surface area contributed by atoms with Crippen molar-refractivity contribution in [3.05, 3.63) is 10.6 Å². The quantitative estimate of drug-likeness (QED) is 0.869. The van der Waals surface area contributed by atoms with Crippen LogP contribution in [0.3, 0.4) is 0 Å². The first-order chi connectivity index (χ1) is 8.94. The zero-order valence-corrected chi connectivity index (χ0v) is 12.5. The summed E-state index contributed by atoms with van der Waals surface area (Å²) in [6, 6.07) is 0. The average molecular weight is 283 g/mol. The molecule has 0 bridgehead atoms. The Morgan fingerprint density at radius 2 is 2.11 bits per heavy atom. The summed E-state index contributed by atoms with van der Waals surface area (Å²) in [5.41, 5.74) is 0.772. The van der Waals surface area contributed by atoms with Crippen molar-refractivity contribution in [1.29, 1.82) is 0 Å². The minimum atomic E-state index is -0.897. The fraction of sp³-hybridized carbons (Fsp3) is 0.692. The second kappa shape index (κ2) is 5.46. The lowest BCUT2D eigenvalue weighted by molar-refractivity contribution is 0.0701. The number of likely N-dealkylation sites (N-methyl/N-ethyl adjacent to an activating group) is 1. The average Bonchev–Trinajstić information content (AvgIpc) is 2.93. The van der Waals surface area contributed by atoms with Gasteiger partial charge in [-0.05, 0) is 33.9 Å². The van der Waals surface area contributed by atoms with Gasteiger partial charge in [0.05, 0.1) is 5.69 Å². The van der Waals surface area contributed by atoms with Gasteiger partial charge in [0.25, 0.3) is 0 Å². The van der Waals surface area contributed by atoms with E-state index in [0.717, 1.165) is 6.54 Å². The molecule has 2 rings (SSSR count). The van der Waals surface area contributed by atoms with E-state index in [-0.39, 0.29) is 5.54 Å². The van der Waals surface area contributed by atoms with Crippen LogP contribution in [-0.4, -0.2) is 47.1 Å². The van der Waals surface area contributed by atoms with Crippen molar-refractivity contribution in [2.45, 2.75) is 38.1 Å². The van der Waals surface area contributed by atoms with E-state index in [9.17, 15) is 4.79 Å². The minimum Gasteiger partial charge on any atom is -0.477 e. The molecule has 106 valence electrons. The van der Waals surface area contributed by atoms with Gasteiger partial charge in [-0.2, -0.15) is 0 Å². The molecule has 1 aliphatic rings. The zero-order chi connectivity index (χ0) is 14.0. The molecule has 0 atom stereocenters. The standard InChI is InChI=1S/C13H21N3O2S/c1-9-10(11(17)18)19-12(15-9)14-8-13(16(2)3)6-4-5-7-13/h4-8H2,1-3H3,(H,14,15)(H,17,18). The highest BCUT2D eigenvalue weighted by Crippen LogP contribution is 2.34. The number of rotatable bonds is 5. The summed E-state index contributed by atoms with van der Waals surface area (Å²) in [5, 5.41) is 13.1. The van der Waals surface area contributed by atoms with Crippen molar-refractivity contribution in [2.75, 3.05) is 26.0 Å². The van der Waals surface area contributed by atoms with E-state index < -0.39 is 5.97 Å². The number of carboxylic acid groups (broad SMARTS) is 1. The number of hydrogen-bond donors (Lipinski definition) is 2. The minimum absolute atomic E-state index is 0.183. The van der Waals surface area contributed by atoms with Crippen molar-refractivity contribution in [3.8, 4) is 0 Å². The fourth-order valence-electron chi connectivity index (χ4n) is 2.73. The summed E-state index contributed by atoms with van der Waals surface area (Å²) in [7, 11) is 4.23. The number of aryl methyl sites for hydroxylation is 1. The predicted molar refractivity (Wildman–Crippen MR) is 77.2 cm³/mol. The van der Waals surface area contributed by atoms with Crippen LogP contribution >= 0.6 is 11.3 Å². The molecule has 0 unspecified atom stereocenters. The van der Waals surface area contributed by atoms with Gasteiger partial charge in [-0.3, -0.25) is 0 Å². The maximum absolute atomic E-state index is 11.0. The Balaban J connectivity index is 2.05. The lowest BCUT2D eigenvalue weighted by Crippen LogP contribution is -2.47. The van der Waals surface area contributed by atoms with Gasteiger partial charge in [-0.1, -0.05) is 24.2 Å². The van der Waals surface area contributed by atoms with E-state index in [2.05, 4.69) is 29.3 Å². The van der Waals surface area contributed by atoms with Crippen LogP contribution < -0.4 is 5.32 Å². The van der Waals surface area contributed by atoms with Gasteiger partial charge in [0, 0.05) is 12.1 Å². The first-order valence-corrected chi connectivity index (χ1v) is 7.38. The molecule has 1 aromatic heterocycles. The molecular weight excluding hydrogens is 262 g/mol. The Kier molecular flexibility index (Phi) is 4.10. The Hall–Kier alpha value is -1.14. The van der Waals surface area contributed by atoms with Crippen LogP contribution in [0.25, 0.3) is 0 Å². The molecule has 0 aliphatic heterocycles. The van der Waals surface area contributed by atoms with Crippen LogP contribution in [0.15, 0.2) is 0 Å². The highest BCUT2D eigenvalue weighted by Gasteiger charge is 2.35. The summed E-state index contributed by atoms with van der Waals surface area (Å²) in [6.45, 7) is 2.56. The molecule has 0 aromatic carbocycles. The third-order valence-electron chi connectivity index (χ3n) is 4.04. The number of hydrogen-bond acceptors (Lipinski definition) is 5. The number of anilines is 1. The molecule has 1 heterocycles. The van der Waals surface area contributed by atoms with Crippen molar-refractivity contribution in [3.63, 3.8) is 0 Å². The van der Waals surface area contributed by atoms with Crippen molar-refractivity contribution >= 4 is 22.4 Å². The molecule has 2 N–H and O–H groups in total. The normalized spacial score (nSPS) is 17.9. The number of nitrogens with one attached hydrogen (secondary N) is 1. The van der Waals surface area contributed by atoms with E-state index in [0.29, 0.717) is 15.7 Å². The smallest absolute Gasteiger partial charge is 0.347 e. The van der Waals surface area contributed by atoms with Gasteiger partial charge in [0.1, 0.15) is 4.88 Å². The second-order valence-corrected chi connectivity index (χ2v) is 6.42. The Morgan fingerprint density at radius 3 is 2.58 bits per heavy atom. The predicted octanol–water partition coefficient (Wildman–Crippen LogP) is 2.44. The molecule has 0 radical (unpaired) electrons. The largest absolute Gasteiger partial charge is 0.477 e. The van der Waals surface area contributed by atoms with E-state index in [1.807, 2.05) is 0 Å². The Bertz CT molecular complexity index is 464. The second-order valence-electron chi connectivity index (χ2n) is 5.42. The summed E-state index contributed by atoms with van der Waals surface area (Å²) < 4.78 is 0. The van der Waals surface area contributed by atoms with Crippen LogP contribution in [0, 0.1) is 6.92 Å². The first-order valence-electron chi connectivity index (χ1n) is 6.57. The third-order valence-corrected chi connectivity index (χ3v) is 5.15. The van der Waals surface area contributed by atoms with Crippen molar-refractivity contribution < 1.29 is 9.90 Å². The number of aromatic carboxylic acids is 1. The van der Waals surface area contributed by atoms with E-state index in [1.54, 1.807) is 6.92 Å². The maximum atomic E-state index is 11.0. The molecule has 1 saturated carbocycles. The molecule has 0 amide bonds. The molecule has 6 heteroatoms. The monoisotopic (exact) mass is 283 g/mol. The molecule has 0 saturated heterocycles. The molecule has 5 nitrogen and oxygen atoms in total. The number of thiazole rings is 1. The summed E-state index contributed by atoms with van der Waals surface area (Å²) in [6.07, 6.45) is 4.89. The number of aromatic nitrogens is 1. The van der Waals surface area contributed by atoms with Gasteiger partial charge < -0.3 is 15.3 Å². The fourth-order valence-corrected chi connectivity index (χ4v) is 3.53. The van der Waals surface area contributed by atoms with Crippen LogP contribution in [0.1, 0.15) is 41.0 Å². The van der Waals surface area contributed by atoms with Gasteiger partial charge in [-0.25, -0.2) is 9.78 Å². The van der Waals surface area contributed by atoms with Gasteiger partial charge in [0.15, 0.2) is 5.13 Å². The maximum Gasteiger partial charge on any atom is 0.347 e. The molecule has 0 spiro atoms. The van der Waals surface area contributed by atoms with E-state index in [1.165, 1.54) is 37.0 Å². The lowest BCUT2D eigenvalue weighted by atomic mass is 9.96. The summed E-state index contributed by atoms with van der Waals surface area (Å²) >= 11 is 1.22. The van der Waals surface area contributed by atoms with E-state index in [4.69, 9.17) is 5.11 Å². The van der Waals surface area contributed by atoms with Crippen LogP contribution in [0.5, 0.6) is 0 Å². The van der Waals surface area contributed by atoms with Gasteiger partial charge in [-0.15, -0.1) is 0 Å². The molecule has 1 aliphatic carbocycles. The molecule has 19 heavy (non-hydrogen) atoms. The third kappa shape index (κ3) is 2.90. The van der Waals surface area contributed by atoms with Crippen molar-refractivity contribution in [2.24, 2.45) is 0 Å². The van der Waals surface area contributed by atoms with Gasteiger partial charge >= 0.3 is 5.97 Å².